The maximum Gasteiger partial charge on any atom is 0.166 e. The summed E-state index contributed by atoms with van der Waals surface area (Å²) in [7, 11) is 0. The molecule has 5 aromatic heterocycles. The van der Waals surface area contributed by atoms with Gasteiger partial charge in [0, 0.05) is 78.6 Å². The first-order valence-corrected chi connectivity index (χ1v) is 28.0. The molecule has 0 aliphatic heterocycles. The number of nitrogens with zero attached hydrogens (tertiary/aromatic N) is 7. The smallest absolute Gasteiger partial charge is 0.166 e. The van der Waals surface area contributed by atoms with Crippen molar-refractivity contribution in [3.63, 3.8) is 0 Å². The van der Waals surface area contributed by atoms with Crippen LogP contribution >= 0.6 is 22.7 Å². The molecule has 7 nitrogen and oxygen atoms in total. The number of benzene rings is 11. The number of nitriles is 2. The molecule has 0 radical (unpaired) electrons. The molecule has 0 amide bonds. The van der Waals surface area contributed by atoms with E-state index in [1.165, 1.54) is 51.1 Å². The maximum absolute atomic E-state index is 10.5. The summed E-state index contributed by atoms with van der Waals surface area (Å²) in [6.45, 7) is 0. The van der Waals surface area contributed by atoms with Crippen LogP contribution in [0.2, 0.25) is 0 Å². The summed E-state index contributed by atoms with van der Waals surface area (Å²) in [6, 6.07) is 86.9. The van der Waals surface area contributed by atoms with Gasteiger partial charge in [-0.2, -0.15) is 10.5 Å². The molecule has 16 aromatic rings. The molecule has 5 heterocycles. The van der Waals surface area contributed by atoms with E-state index in [1.54, 1.807) is 0 Å². The average Bonchev–Trinajstić information content (AvgIpc) is 4.31. The van der Waals surface area contributed by atoms with Crippen molar-refractivity contribution >= 4 is 107 Å². The van der Waals surface area contributed by atoms with E-state index in [4.69, 9.17) is 15.0 Å². The van der Waals surface area contributed by atoms with Crippen molar-refractivity contribution in [3.05, 3.63) is 248 Å². The molecule has 9 heteroatoms. The van der Waals surface area contributed by atoms with Crippen LogP contribution in [0.25, 0.3) is 152 Å². The van der Waals surface area contributed by atoms with Gasteiger partial charge >= 0.3 is 0 Å². The minimum absolute atomic E-state index is 0.483. The summed E-state index contributed by atoms with van der Waals surface area (Å²) >= 11 is 3.65. The highest BCUT2D eigenvalue weighted by Crippen LogP contribution is 2.48. The van der Waals surface area contributed by atoms with Crippen LogP contribution in [0, 0.1) is 22.7 Å². The molecule has 0 fully saturated rings. The summed E-state index contributed by atoms with van der Waals surface area (Å²) in [5, 5.41) is 30.5. The Hall–Kier alpha value is -10.6. The second kappa shape index (κ2) is 18.0. The molecular weight excluding hydrogens is 1010 g/mol. The summed E-state index contributed by atoms with van der Waals surface area (Å²) in [6.07, 6.45) is 0. The van der Waals surface area contributed by atoms with Gasteiger partial charge in [-0.3, -0.25) is 0 Å². The van der Waals surface area contributed by atoms with Crippen LogP contribution in [0.5, 0.6) is 0 Å². The van der Waals surface area contributed by atoms with Gasteiger partial charge in [0.1, 0.15) is 0 Å². The first kappa shape index (κ1) is 45.6. The number of hydrogen-bond donors (Lipinski definition) is 0. The van der Waals surface area contributed by atoms with Crippen molar-refractivity contribution in [2.75, 3.05) is 0 Å². The third kappa shape index (κ3) is 6.92. The van der Waals surface area contributed by atoms with Crippen molar-refractivity contribution < 1.29 is 0 Å². The van der Waals surface area contributed by atoms with E-state index in [2.05, 4.69) is 179 Å². The fraction of sp³-hybridized carbons (Fsp3) is 0. The number of hydrogen-bond acceptors (Lipinski definition) is 7. The lowest BCUT2D eigenvalue weighted by atomic mass is 9.97. The standard InChI is InChI=1S/C71H39N7S2/c72-40-45-18-4-6-20-47(45)43-30-32-55(61(38-43)77-57-26-12-8-24-53(57)65-59(77)36-34-51-49-22-10-14-28-63(49)79-67(51)65)70-74-69(42-16-2-1-3-17-42)75-71(76-70)56-33-31-44(48-21-7-5-19-46(48)41-73)39-62(56)78-58-27-13-9-25-54(58)66-60(78)37-35-52-50-23-11-15-29-64(50)80-68(52)66/h1-39H. The predicted octanol–water partition coefficient (Wildman–Crippen LogP) is 18.9. The van der Waals surface area contributed by atoms with Crippen LogP contribution in [-0.2, 0) is 0 Å². The Labute approximate surface area is 466 Å². The highest BCUT2D eigenvalue weighted by Gasteiger charge is 2.26. The molecule has 0 unspecified atom stereocenters. The van der Waals surface area contributed by atoms with Crippen LogP contribution in [0.1, 0.15) is 11.1 Å². The molecule has 0 N–H and O–H groups in total. The lowest BCUT2D eigenvalue weighted by Gasteiger charge is -2.18. The van der Waals surface area contributed by atoms with Gasteiger partial charge in [-0.05, 0) is 95.1 Å². The lowest BCUT2D eigenvalue weighted by molar-refractivity contribution is 1.06. The third-order valence-electron chi connectivity index (χ3n) is 15.7. The fourth-order valence-electron chi connectivity index (χ4n) is 12.1. The predicted molar refractivity (Wildman–Crippen MR) is 331 cm³/mol. The first-order chi connectivity index (χ1) is 39.6. The monoisotopic (exact) mass is 1050 g/mol. The van der Waals surface area contributed by atoms with Crippen molar-refractivity contribution in [2.24, 2.45) is 0 Å². The Bertz CT molecular complexity index is 5050. The minimum Gasteiger partial charge on any atom is -0.308 e. The summed E-state index contributed by atoms with van der Waals surface area (Å²) in [5.41, 5.74) is 12.9. The van der Waals surface area contributed by atoms with Crippen molar-refractivity contribution in [3.8, 4) is 79.9 Å². The molecule has 0 saturated heterocycles. The number of fused-ring (bicyclic) bond motifs is 14. The van der Waals surface area contributed by atoms with Gasteiger partial charge in [-0.1, -0.05) is 164 Å². The molecule has 0 spiro atoms. The number of rotatable bonds is 7. The van der Waals surface area contributed by atoms with Gasteiger partial charge in [-0.15, -0.1) is 22.7 Å². The number of para-hydroxylation sites is 2. The Balaban J connectivity index is 1.01. The number of thiophene rings is 2. The Morgan fingerprint density at radius 1 is 0.312 bits per heavy atom. The van der Waals surface area contributed by atoms with Gasteiger partial charge < -0.3 is 9.13 Å². The van der Waals surface area contributed by atoms with Gasteiger partial charge in [0.25, 0.3) is 0 Å². The fourth-order valence-corrected chi connectivity index (χ4v) is 14.7. The third-order valence-corrected chi connectivity index (χ3v) is 18.1. The van der Waals surface area contributed by atoms with E-state index in [1.807, 2.05) is 102 Å². The van der Waals surface area contributed by atoms with Crippen LogP contribution in [0.4, 0.5) is 0 Å². The van der Waals surface area contributed by atoms with E-state index < -0.39 is 0 Å². The quantitative estimate of drug-likeness (QED) is 0.158. The Morgan fingerprint density at radius 3 is 1.21 bits per heavy atom. The summed E-state index contributed by atoms with van der Waals surface area (Å²) in [5.74, 6) is 1.48. The van der Waals surface area contributed by atoms with Crippen molar-refractivity contribution in [2.45, 2.75) is 0 Å². The van der Waals surface area contributed by atoms with Crippen LogP contribution in [0.15, 0.2) is 237 Å². The molecule has 0 bridgehead atoms. The van der Waals surface area contributed by atoms with Gasteiger partial charge in [0.15, 0.2) is 17.5 Å². The molecule has 11 aromatic carbocycles. The molecule has 0 aliphatic carbocycles. The van der Waals surface area contributed by atoms with Crippen LogP contribution < -0.4 is 0 Å². The minimum atomic E-state index is 0.483. The normalized spacial score (nSPS) is 11.7. The van der Waals surface area contributed by atoms with E-state index in [0.29, 0.717) is 28.6 Å². The zero-order valence-corrected chi connectivity index (χ0v) is 44.1. The second-order valence-corrected chi connectivity index (χ2v) is 22.1. The molecule has 16 rings (SSSR count). The average molecular weight is 1050 g/mol. The highest BCUT2D eigenvalue weighted by atomic mass is 32.1. The molecule has 0 atom stereocenters. The van der Waals surface area contributed by atoms with E-state index in [-0.39, 0.29) is 0 Å². The van der Waals surface area contributed by atoms with Gasteiger partial charge in [0.05, 0.1) is 56.7 Å². The zero-order valence-electron chi connectivity index (χ0n) is 42.5. The molecule has 0 saturated carbocycles. The van der Waals surface area contributed by atoms with E-state index >= 15 is 0 Å². The van der Waals surface area contributed by atoms with Crippen molar-refractivity contribution in [1.82, 2.24) is 24.1 Å². The molecule has 80 heavy (non-hydrogen) atoms. The summed E-state index contributed by atoms with van der Waals surface area (Å²) in [4.78, 5) is 16.5. The highest BCUT2D eigenvalue weighted by molar-refractivity contribution is 7.27. The SMILES string of the molecule is N#Cc1ccccc1-c1ccc(-c2nc(-c3ccccc3)nc(-c3ccc(-c4ccccc4C#N)cc3-n3c4ccccc4c4c5sc6ccccc6c5ccc43)n2)c(-n2c3ccccc3c3c4sc5ccccc5c4ccc32)c1. The van der Waals surface area contributed by atoms with Gasteiger partial charge in [-0.25, -0.2) is 15.0 Å². The number of aromatic nitrogens is 5. The molecule has 370 valence electrons. The largest absolute Gasteiger partial charge is 0.308 e. The zero-order chi connectivity index (χ0) is 53.0. The van der Waals surface area contributed by atoms with Crippen LogP contribution in [-0.4, -0.2) is 24.1 Å². The second-order valence-electron chi connectivity index (χ2n) is 20.0. The first-order valence-electron chi connectivity index (χ1n) is 26.4. The Kier molecular flexibility index (Phi) is 10.3. The topological polar surface area (TPSA) is 96.1 Å². The lowest BCUT2D eigenvalue weighted by Crippen LogP contribution is -2.06. The van der Waals surface area contributed by atoms with Gasteiger partial charge in [0.2, 0.25) is 0 Å². The van der Waals surface area contributed by atoms with Crippen LogP contribution in [0.3, 0.4) is 0 Å². The Morgan fingerprint density at radius 2 is 0.725 bits per heavy atom. The molecular formula is C71H39N7S2. The summed E-state index contributed by atoms with van der Waals surface area (Å²) < 4.78 is 9.65. The van der Waals surface area contributed by atoms with Crippen molar-refractivity contribution in [1.29, 1.82) is 10.5 Å². The van der Waals surface area contributed by atoms with E-state index in [0.717, 1.165) is 83.2 Å². The maximum atomic E-state index is 10.5. The van der Waals surface area contributed by atoms with E-state index in [9.17, 15) is 10.5 Å². The molecule has 0 aliphatic rings.